The molecule has 0 fully saturated rings. The molecule has 0 aliphatic heterocycles. The third-order valence-corrected chi connectivity index (χ3v) is 6.97. The summed E-state index contributed by atoms with van der Waals surface area (Å²) in [5, 5.41) is 25.3. The maximum absolute atomic E-state index is 12.1. The van der Waals surface area contributed by atoms with E-state index in [0.29, 0.717) is 28.3 Å². The van der Waals surface area contributed by atoms with Crippen molar-refractivity contribution in [2.24, 2.45) is 12.2 Å². The summed E-state index contributed by atoms with van der Waals surface area (Å²) in [6.07, 6.45) is 2.02. The molecule has 0 aliphatic rings. The Bertz CT molecular complexity index is 1630. The van der Waals surface area contributed by atoms with Crippen LogP contribution in [0.15, 0.2) is 95.0 Å². The Hall–Kier alpha value is -4.69. The summed E-state index contributed by atoms with van der Waals surface area (Å²) in [6.45, 7) is 1.54. The van der Waals surface area contributed by atoms with Crippen molar-refractivity contribution < 1.29 is 19.9 Å². The fourth-order valence-corrected chi connectivity index (χ4v) is 4.82. The van der Waals surface area contributed by atoms with E-state index in [0.717, 1.165) is 27.8 Å². The fraction of sp³-hybridized carbons (Fsp3) is 0.161. The Kier molecular flexibility index (Phi) is 8.81. The lowest BCUT2D eigenvalue weighted by atomic mass is 9.83. The number of carbonyl (C=O) groups is 2. The number of hydrogen-bond donors (Lipinski definition) is 3. The van der Waals surface area contributed by atoms with Crippen LogP contribution >= 0.6 is 11.6 Å². The summed E-state index contributed by atoms with van der Waals surface area (Å²) in [5.41, 5.74) is 6.14. The highest BCUT2D eigenvalue weighted by Gasteiger charge is 2.21. The summed E-state index contributed by atoms with van der Waals surface area (Å²) >= 11 is 6.23. The van der Waals surface area contributed by atoms with E-state index in [4.69, 9.17) is 16.7 Å². The van der Waals surface area contributed by atoms with E-state index in [1.807, 2.05) is 61.5 Å². The van der Waals surface area contributed by atoms with Gasteiger partial charge in [0.05, 0.1) is 5.71 Å². The molecule has 0 spiro atoms. The van der Waals surface area contributed by atoms with Gasteiger partial charge in [-0.15, -0.1) is 0 Å². The molecule has 1 atom stereocenters. The predicted molar refractivity (Wildman–Crippen MR) is 155 cm³/mol. The molecule has 204 valence electrons. The minimum atomic E-state index is -1.11. The van der Waals surface area contributed by atoms with Crippen molar-refractivity contribution in [1.82, 2.24) is 9.88 Å². The number of benzene rings is 3. The third kappa shape index (κ3) is 6.65. The second-order valence-electron chi connectivity index (χ2n) is 9.45. The molecular weight excluding hydrogens is 530 g/mol. The summed E-state index contributed by atoms with van der Waals surface area (Å²) in [6, 6.07) is 23.7. The zero-order valence-corrected chi connectivity index (χ0v) is 22.7. The van der Waals surface area contributed by atoms with E-state index in [9.17, 15) is 19.6 Å². The number of amides is 1. The van der Waals surface area contributed by atoms with E-state index in [1.165, 1.54) is 10.6 Å². The van der Waals surface area contributed by atoms with E-state index in [2.05, 4.69) is 10.5 Å². The van der Waals surface area contributed by atoms with Gasteiger partial charge in [0.2, 0.25) is 5.56 Å². The molecule has 1 heterocycles. The SMILES string of the molecule is Cc1cc(Cl)ccc1C(CC(=NO)c1ccc(=O)n(C)c1)c1ccc(-c2ccc(C(=O)NCC(=O)O)cc2)cc1. The van der Waals surface area contributed by atoms with Crippen LogP contribution in [0.4, 0.5) is 0 Å². The summed E-state index contributed by atoms with van der Waals surface area (Å²) in [5.74, 6) is -1.73. The first kappa shape index (κ1) is 28.3. The number of hydrogen-bond acceptors (Lipinski definition) is 5. The molecule has 4 rings (SSSR count). The number of aromatic nitrogens is 1. The number of halogens is 1. The first-order valence-electron chi connectivity index (χ1n) is 12.5. The molecule has 0 bridgehead atoms. The molecule has 3 aromatic carbocycles. The highest BCUT2D eigenvalue weighted by atomic mass is 35.5. The van der Waals surface area contributed by atoms with Crippen LogP contribution in [0, 0.1) is 6.92 Å². The summed E-state index contributed by atoms with van der Waals surface area (Å²) in [7, 11) is 1.65. The maximum atomic E-state index is 12.1. The molecule has 1 unspecified atom stereocenters. The molecule has 1 amide bonds. The average Bonchev–Trinajstić information content (AvgIpc) is 2.95. The Morgan fingerprint density at radius 2 is 1.57 bits per heavy atom. The van der Waals surface area contributed by atoms with Gasteiger partial charge in [-0.25, -0.2) is 0 Å². The lowest BCUT2D eigenvalue weighted by Gasteiger charge is -2.21. The van der Waals surface area contributed by atoms with Crippen LogP contribution in [0.25, 0.3) is 11.1 Å². The molecule has 40 heavy (non-hydrogen) atoms. The number of carboxylic acid groups (broad SMARTS) is 1. The van der Waals surface area contributed by atoms with Crippen LogP contribution in [0.2, 0.25) is 5.02 Å². The summed E-state index contributed by atoms with van der Waals surface area (Å²) in [4.78, 5) is 34.7. The summed E-state index contributed by atoms with van der Waals surface area (Å²) < 4.78 is 1.44. The Morgan fingerprint density at radius 1 is 0.950 bits per heavy atom. The number of carbonyl (C=O) groups excluding carboxylic acids is 1. The van der Waals surface area contributed by atoms with Gasteiger partial charge < -0.3 is 20.2 Å². The quantitative estimate of drug-likeness (QED) is 0.148. The third-order valence-electron chi connectivity index (χ3n) is 6.74. The van der Waals surface area contributed by atoms with Crippen molar-refractivity contribution in [3.8, 4) is 11.1 Å². The van der Waals surface area contributed by atoms with Crippen molar-refractivity contribution >= 4 is 29.2 Å². The molecule has 4 aromatic rings. The number of rotatable bonds is 9. The largest absolute Gasteiger partial charge is 0.480 e. The average molecular weight is 558 g/mol. The standard InChI is InChI=1S/C31H28ClN3O5/c1-19-15-25(32)12-13-26(19)27(16-28(34-40)24-11-14-29(36)35(2)18-24)22-7-3-20(4-8-22)21-5-9-23(10-6-21)31(39)33-17-30(37)38/h3-15,18,27,40H,16-17H2,1-2H3,(H,33,39)(H,37,38). The van der Waals surface area contributed by atoms with Gasteiger partial charge in [0.15, 0.2) is 0 Å². The van der Waals surface area contributed by atoms with Crippen LogP contribution in [-0.4, -0.2) is 39.0 Å². The molecule has 0 saturated carbocycles. The smallest absolute Gasteiger partial charge is 0.322 e. The maximum Gasteiger partial charge on any atom is 0.322 e. The second kappa shape index (κ2) is 12.4. The van der Waals surface area contributed by atoms with Gasteiger partial charge in [-0.3, -0.25) is 14.4 Å². The zero-order valence-electron chi connectivity index (χ0n) is 22.0. The Labute approximate surface area is 236 Å². The van der Waals surface area contributed by atoms with Crippen molar-refractivity contribution in [1.29, 1.82) is 0 Å². The number of nitrogens with one attached hydrogen (secondary N) is 1. The van der Waals surface area contributed by atoms with Gasteiger partial charge in [0.1, 0.15) is 6.54 Å². The molecule has 0 radical (unpaired) electrons. The van der Waals surface area contributed by atoms with Gasteiger partial charge in [-0.1, -0.05) is 59.2 Å². The van der Waals surface area contributed by atoms with E-state index < -0.39 is 18.4 Å². The van der Waals surface area contributed by atoms with Gasteiger partial charge >= 0.3 is 5.97 Å². The van der Waals surface area contributed by atoms with Crippen LogP contribution in [0.1, 0.15) is 45.0 Å². The number of nitrogens with zero attached hydrogens (tertiary/aromatic N) is 2. The first-order valence-corrected chi connectivity index (χ1v) is 12.9. The molecular formula is C31H28ClN3O5. The highest BCUT2D eigenvalue weighted by molar-refractivity contribution is 6.30. The van der Waals surface area contributed by atoms with Crippen LogP contribution < -0.4 is 10.9 Å². The van der Waals surface area contributed by atoms with Crippen LogP contribution in [0.5, 0.6) is 0 Å². The minimum absolute atomic E-state index is 0.157. The Morgan fingerprint density at radius 3 is 2.15 bits per heavy atom. The minimum Gasteiger partial charge on any atom is -0.480 e. The van der Waals surface area contributed by atoms with Crippen molar-refractivity contribution in [2.45, 2.75) is 19.3 Å². The number of pyridine rings is 1. The monoisotopic (exact) mass is 557 g/mol. The molecule has 1 aromatic heterocycles. The van der Waals surface area contributed by atoms with Crippen molar-refractivity contribution in [3.05, 3.63) is 128 Å². The van der Waals surface area contributed by atoms with E-state index in [-0.39, 0.29) is 11.5 Å². The molecule has 9 heteroatoms. The van der Waals surface area contributed by atoms with Gasteiger partial charge in [0.25, 0.3) is 5.91 Å². The fourth-order valence-electron chi connectivity index (χ4n) is 4.59. The van der Waals surface area contributed by atoms with Crippen LogP contribution in [-0.2, 0) is 11.8 Å². The van der Waals surface area contributed by atoms with Gasteiger partial charge in [-0.2, -0.15) is 0 Å². The number of aliphatic carboxylic acids is 1. The predicted octanol–water partition coefficient (Wildman–Crippen LogP) is 5.23. The molecule has 8 nitrogen and oxygen atoms in total. The lowest BCUT2D eigenvalue weighted by Crippen LogP contribution is -2.29. The van der Waals surface area contributed by atoms with Gasteiger partial charge in [0, 0.05) is 47.8 Å². The Balaban J connectivity index is 1.64. The number of oxime groups is 1. The van der Waals surface area contributed by atoms with E-state index in [1.54, 1.807) is 31.4 Å². The molecule has 0 saturated heterocycles. The van der Waals surface area contributed by atoms with Crippen molar-refractivity contribution in [3.63, 3.8) is 0 Å². The normalized spacial score (nSPS) is 12.1. The molecule has 3 N–H and O–H groups in total. The number of carboxylic acids is 1. The van der Waals surface area contributed by atoms with Gasteiger partial charge in [-0.05, 0) is 65.1 Å². The highest BCUT2D eigenvalue weighted by Crippen LogP contribution is 2.34. The second-order valence-corrected chi connectivity index (χ2v) is 9.88. The molecule has 0 aliphatic carbocycles. The van der Waals surface area contributed by atoms with E-state index >= 15 is 0 Å². The lowest BCUT2D eigenvalue weighted by molar-refractivity contribution is -0.135. The zero-order chi connectivity index (χ0) is 28.8. The topological polar surface area (TPSA) is 121 Å². The van der Waals surface area contributed by atoms with Crippen molar-refractivity contribution in [2.75, 3.05) is 6.54 Å². The van der Waals surface area contributed by atoms with Crippen LogP contribution in [0.3, 0.4) is 0 Å². The number of aryl methyl sites for hydroxylation is 2. The first-order chi connectivity index (χ1) is 19.2.